The molecule has 0 aromatic carbocycles. The van der Waals surface area contributed by atoms with Gasteiger partial charge in [0, 0.05) is 46.6 Å². The predicted molar refractivity (Wildman–Crippen MR) is 257 cm³/mol. The van der Waals surface area contributed by atoms with Gasteiger partial charge in [0.15, 0.2) is 0 Å². The summed E-state index contributed by atoms with van der Waals surface area (Å²) in [6.45, 7) is 33.0. The molecule has 0 saturated heterocycles. The van der Waals surface area contributed by atoms with Crippen LogP contribution in [0.3, 0.4) is 0 Å². The zero-order valence-electron chi connectivity index (χ0n) is 36.1. The molecule has 2 unspecified atom stereocenters. The number of nitrogens with one attached hydrogen (secondary N) is 2. The maximum absolute atomic E-state index is 4.26. The summed E-state index contributed by atoms with van der Waals surface area (Å²) in [6.07, 6.45) is 28.2. The van der Waals surface area contributed by atoms with Crippen LogP contribution >= 0.6 is 47.4 Å². The van der Waals surface area contributed by atoms with Gasteiger partial charge in [-0.2, -0.15) is 23.5 Å². The first-order valence-electron chi connectivity index (χ1n) is 20.0. The van der Waals surface area contributed by atoms with Gasteiger partial charge in [0.2, 0.25) is 0 Å². The van der Waals surface area contributed by atoms with Gasteiger partial charge in [0.1, 0.15) is 0 Å². The zero-order chi connectivity index (χ0) is 39.9. The highest BCUT2D eigenvalue weighted by Crippen LogP contribution is 2.18. The quantitative estimate of drug-likeness (QED) is 0.0304. The molecule has 0 rings (SSSR count). The topological polar surface area (TPSA) is 24.1 Å². The van der Waals surface area contributed by atoms with Crippen LogP contribution in [0.25, 0.3) is 0 Å². The molecular formula is C47H80N2S4. The van der Waals surface area contributed by atoms with E-state index in [1.54, 1.807) is 11.9 Å². The summed E-state index contributed by atoms with van der Waals surface area (Å²) in [4.78, 5) is 0. The summed E-state index contributed by atoms with van der Waals surface area (Å²) in [5.41, 5.74) is 12.7. The monoisotopic (exact) mass is 801 g/mol. The number of hydrogen-bond acceptors (Lipinski definition) is 6. The summed E-state index contributed by atoms with van der Waals surface area (Å²) < 4.78 is 7.25. The van der Waals surface area contributed by atoms with Gasteiger partial charge in [-0.25, -0.2) is 0 Å². The molecule has 0 spiro atoms. The molecule has 53 heavy (non-hydrogen) atoms. The highest BCUT2D eigenvalue weighted by atomic mass is 32.2. The Labute approximate surface area is 347 Å². The molecule has 0 heterocycles. The molecule has 2 N–H and O–H groups in total. The van der Waals surface area contributed by atoms with E-state index in [2.05, 4.69) is 141 Å². The maximum Gasteiger partial charge on any atom is 0.0466 e. The fraction of sp³-hybridized carbons (Fsp3) is 0.617. The van der Waals surface area contributed by atoms with Crippen molar-refractivity contribution in [3.05, 3.63) is 106 Å². The molecule has 0 aromatic heterocycles. The molecule has 0 radical (unpaired) electrons. The van der Waals surface area contributed by atoms with Crippen LogP contribution in [0.4, 0.5) is 0 Å². The third-order valence-electron chi connectivity index (χ3n) is 8.67. The van der Waals surface area contributed by atoms with E-state index in [0.29, 0.717) is 12.1 Å². The van der Waals surface area contributed by atoms with Gasteiger partial charge in [0.05, 0.1) is 0 Å². The average molecular weight is 801 g/mol. The summed E-state index contributed by atoms with van der Waals surface area (Å²) >= 11 is 7.63. The Kier molecular flexibility index (Phi) is 33.6. The van der Waals surface area contributed by atoms with E-state index in [-0.39, 0.29) is 0 Å². The van der Waals surface area contributed by atoms with E-state index < -0.39 is 0 Å². The van der Waals surface area contributed by atoms with E-state index in [1.165, 1.54) is 63.0 Å². The van der Waals surface area contributed by atoms with Crippen LogP contribution in [0.1, 0.15) is 140 Å². The van der Waals surface area contributed by atoms with Crippen molar-refractivity contribution in [3.63, 3.8) is 0 Å². The largest absolute Gasteiger partial charge is 0.260 e. The van der Waals surface area contributed by atoms with Crippen LogP contribution in [0.2, 0.25) is 0 Å². The van der Waals surface area contributed by atoms with Crippen LogP contribution < -0.4 is 9.44 Å². The average Bonchev–Trinajstić information content (AvgIpc) is 3.07. The lowest BCUT2D eigenvalue weighted by molar-refractivity contribution is 0.782. The highest BCUT2D eigenvalue weighted by Gasteiger charge is 2.09. The van der Waals surface area contributed by atoms with Crippen LogP contribution in [-0.4, -0.2) is 46.6 Å². The highest BCUT2D eigenvalue weighted by molar-refractivity contribution is 8.00. The van der Waals surface area contributed by atoms with Gasteiger partial charge in [0.25, 0.3) is 0 Å². The van der Waals surface area contributed by atoms with E-state index in [0.717, 1.165) is 85.9 Å². The molecule has 0 bridgehead atoms. The predicted octanol–water partition coefficient (Wildman–Crippen LogP) is 15.4. The maximum atomic E-state index is 4.26. The van der Waals surface area contributed by atoms with Gasteiger partial charge in [-0.1, -0.05) is 143 Å². The molecule has 2 atom stereocenters. The van der Waals surface area contributed by atoms with Crippen molar-refractivity contribution in [3.8, 4) is 0 Å². The van der Waals surface area contributed by atoms with Gasteiger partial charge in [-0.05, 0) is 127 Å². The summed E-state index contributed by atoms with van der Waals surface area (Å²) in [5, 5.41) is 0. The fourth-order valence-corrected chi connectivity index (χ4v) is 9.23. The minimum Gasteiger partial charge on any atom is -0.260 e. The molecule has 2 nitrogen and oxygen atoms in total. The minimum absolute atomic E-state index is 0.324. The normalized spacial score (nSPS) is 14.8. The van der Waals surface area contributed by atoms with Crippen molar-refractivity contribution >= 4 is 47.4 Å². The van der Waals surface area contributed by atoms with Crippen LogP contribution in [0.15, 0.2) is 106 Å². The molecule has 0 aliphatic rings. The van der Waals surface area contributed by atoms with Crippen LogP contribution in [0, 0.1) is 0 Å². The lowest BCUT2D eigenvalue weighted by Gasteiger charge is -2.18. The van der Waals surface area contributed by atoms with Gasteiger partial charge < -0.3 is 0 Å². The second-order valence-electron chi connectivity index (χ2n) is 15.3. The first-order valence-corrected chi connectivity index (χ1v) is 24.3. The molecule has 6 heteroatoms. The van der Waals surface area contributed by atoms with E-state index in [4.69, 9.17) is 0 Å². The lowest BCUT2D eigenvalue weighted by Crippen LogP contribution is -2.27. The molecular weight excluding hydrogens is 721 g/mol. The first kappa shape index (κ1) is 52.0. The van der Waals surface area contributed by atoms with Crippen molar-refractivity contribution in [1.82, 2.24) is 9.44 Å². The van der Waals surface area contributed by atoms with Crippen molar-refractivity contribution in [2.75, 3.05) is 34.5 Å². The third kappa shape index (κ3) is 34.0. The van der Waals surface area contributed by atoms with Crippen molar-refractivity contribution in [2.24, 2.45) is 0 Å². The fourth-order valence-electron chi connectivity index (χ4n) is 5.22. The van der Waals surface area contributed by atoms with Crippen molar-refractivity contribution in [2.45, 2.75) is 152 Å². The SMILES string of the molecule is C=C(CCC)CSNC(C)CSC/C=C(\C)CC/C=C(\C)CC/C=C(C)/C=C(/C)CSNC(CSC/C=C(\C)CC/C=C(\C)CCC=C(C)C)C(=C)C. The van der Waals surface area contributed by atoms with Gasteiger partial charge in [-0.3, -0.25) is 9.44 Å². The standard InChI is InChI=1S/C47H80N2S4/c1-14-19-44(11)33-52-48-46(13)35-50-30-28-41(8)25-17-23-40(7)24-18-27-43(10)32-45(12)34-53-49-47(38(4)5)36-51-31-29-42(9)26-16-22-39(6)21-15-20-37(2)3/h20,22-23,27-29,32,46-49H,4,11,14-19,21,24-26,30-31,33-36H2,1-3,5-10,12-13H3/b39-22+,40-23+,41-28+,42-29+,43-27+,45-32-. The molecule has 0 fully saturated rings. The Bertz CT molecular complexity index is 1240. The molecule has 0 aromatic rings. The van der Waals surface area contributed by atoms with Crippen LogP contribution in [-0.2, 0) is 0 Å². The smallest absolute Gasteiger partial charge is 0.0466 e. The summed E-state index contributed by atoms with van der Waals surface area (Å²) in [7, 11) is 0. The number of allylic oxidation sites excluding steroid dienone is 11. The molecule has 0 amide bonds. The number of thioether (sulfide) groups is 2. The van der Waals surface area contributed by atoms with Crippen molar-refractivity contribution < 1.29 is 0 Å². The summed E-state index contributed by atoms with van der Waals surface area (Å²) in [5.74, 6) is 6.34. The Morgan fingerprint density at radius 1 is 0.566 bits per heavy atom. The van der Waals surface area contributed by atoms with E-state index in [1.807, 2.05) is 35.5 Å². The minimum atomic E-state index is 0.324. The Morgan fingerprint density at radius 2 is 1.06 bits per heavy atom. The summed E-state index contributed by atoms with van der Waals surface area (Å²) in [6, 6.07) is 0.836. The van der Waals surface area contributed by atoms with Crippen LogP contribution in [0.5, 0.6) is 0 Å². The van der Waals surface area contributed by atoms with Gasteiger partial charge in [-0.15, -0.1) is 0 Å². The molecule has 302 valence electrons. The van der Waals surface area contributed by atoms with Crippen molar-refractivity contribution in [1.29, 1.82) is 0 Å². The molecule has 0 aliphatic carbocycles. The Balaban J connectivity index is 4.34. The second kappa shape index (κ2) is 34.2. The lowest BCUT2D eigenvalue weighted by atomic mass is 10.1. The van der Waals surface area contributed by atoms with E-state index >= 15 is 0 Å². The number of rotatable bonds is 32. The molecule has 0 aliphatic heterocycles. The first-order chi connectivity index (χ1) is 25.2. The van der Waals surface area contributed by atoms with Gasteiger partial charge >= 0.3 is 0 Å². The molecule has 0 saturated carbocycles. The Hall–Kier alpha value is -1.02. The second-order valence-corrected chi connectivity index (χ2v) is 19.0. The Morgan fingerprint density at radius 3 is 1.58 bits per heavy atom. The van der Waals surface area contributed by atoms with E-state index in [9.17, 15) is 0 Å². The zero-order valence-corrected chi connectivity index (χ0v) is 39.3. The third-order valence-corrected chi connectivity index (χ3v) is 13.0. The number of hydrogen-bond donors (Lipinski definition) is 2.